The molecule has 0 radical (unpaired) electrons. The van der Waals surface area contributed by atoms with Crippen LogP contribution in [0.1, 0.15) is 24.0 Å². The lowest BCUT2D eigenvalue weighted by molar-refractivity contribution is 0.428. The highest BCUT2D eigenvalue weighted by Crippen LogP contribution is 2.17. The van der Waals surface area contributed by atoms with Crippen molar-refractivity contribution in [3.63, 3.8) is 0 Å². The minimum atomic E-state index is -3.51. The monoisotopic (exact) mass is 279 g/mol. The molecule has 1 saturated heterocycles. The van der Waals surface area contributed by atoms with Crippen LogP contribution in [-0.2, 0) is 10.0 Å². The predicted molar refractivity (Wildman–Crippen MR) is 72.1 cm³/mol. The lowest BCUT2D eigenvalue weighted by atomic mass is 10.1. The Labute approximate surface area is 113 Å². The molecule has 1 aliphatic heterocycles. The molecular formula is C13H17N3O2S. The van der Waals surface area contributed by atoms with E-state index in [0.29, 0.717) is 17.7 Å². The highest BCUT2D eigenvalue weighted by Gasteiger charge is 2.23. The molecule has 1 fully saturated rings. The van der Waals surface area contributed by atoms with Crippen LogP contribution in [0, 0.1) is 18.3 Å². The van der Waals surface area contributed by atoms with Crippen LogP contribution in [0.2, 0.25) is 0 Å². The van der Waals surface area contributed by atoms with E-state index >= 15 is 0 Å². The molecular weight excluding hydrogens is 262 g/mol. The zero-order valence-corrected chi connectivity index (χ0v) is 11.6. The number of aryl methyl sites for hydroxylation is 1. The van der Waals surface area contributed by atoms with Crippen LogP contribution < -0.4 is 10.0 Å². The first-order chi connectivity index (χ1) is 9.03. The molecule has 0 saturated carbocycles. The SMILES string of the molecule is Cc1cc(C#N)ccc1S(=O)(=O)N[C@H]1CCCNC1. The molecule has 0 aromatic heterocycles. The fourth-order valence-electron chi connectivity index (χ4n) is 2.26. The summed E-state index contributed by atoms with van der Waals surface area (Å²) >= 11 is 0. The number of nitrogens with one attached hydrogen (secondary N) is 2. The van der Waals surface area contributed by atoms with Crippen molar-refractivity contribution in [2.24, 2.45) is 0 Å². The van der Waals surface area contributed by atoms with Gasteiger partial charge in [0.2, 0.25) is 10.0 Å². The molecule has 19 heavy (non-hydrogen) atoms. The molecule has 1 aromatic carbocycles. The maximum absolute atomic E-state index is 12.3. The van der Waals surface area contributed by atoms with Gasteiger partial charge in [-0.25, -0.2) is 13.1 Å². The second kappa shape index (κ2) is 5.70. The molecule has 0 unspecified atom stereocenters. The molecule has 5 nitrogen and oxygen atoms in total. The largest absolute Gasteiger partial charge is 0.315 e. The fraction of sp³-hybridized carbons (Fsp3) is 0.462. The Morgan fingerprint density at radius 1 is 1.47 bits per heavy atom. The van der Waals surface area contributed by atoms with Crippen molar-refractivity contribution < 1.29 is 8.42 Å². The Balaban J connectivity index is 2.22. The Bertz CT molecular complexity index is 599. The van der Waals surface area contributed by atoms with Gasteiger partial charge in [0.25, 0.3) is 0 Å². The summed E-state index contributed by atoms with van der Waals surface area (Å²) in [7, 11) is -3.51. The Kier molecular flexibility index (Phi) is 4.20. The molecule has 1 aromatic rings. The summed E-state index contributed by atoms with van der Waals surface area (Å²) in [5.74, 6) is 0. The molecule has 102 valence electrons. The third kappa shape index (κ3) is 3.32. The van der Waals surface area contributed by atoms with Crippen molar-refractivity contribution in [1.82, 2.24) is 10.0 Å². The van der Waals surface area contributed by atoms with Gasteiger partial charge in [0.05, 0.1) is 16.5 Å². The molecule has 6 heteroatoms. The molecule has 2 N–H and O–H groups in total. The maximum atomic E-state index is 12.3. The van der Waals surface area contributed by atoms with E-state index in [0.717, 1.165) is 19.4 Å². The van der Waals surface area contributed by atoms with Crippen LogP contribution >= 0.6 is 0 Å². The van der Waals surface area contributed by atoms with Crippen LogP contribution in [0.25, 0.3) is 0 Å². The lowest BCUT2D eigenvalue weighted by Crippen LogP contribution is -2.45. The first-order valence-electron chi connectivity index (χ1n) is 6.27. The van der Waals surface area contributed by atoms with E-state index in [1.165, 1.54) is 12.1 Å². The standard InChI is InChI=1S/C13H17N3O2S/c1-10-7-11(8-14)4-5-13(10)19(17,18)16-12-3-2-6-15-9-12/h4-5,7,12,15-16H,2-3,6,9H2,1H3/t12-/m0/s1. The van der Waals surface area contributed by atoms with Crippen LogP contribution in [0.15, 0.2) is 23.1 Å². The number of rotatable bonds is 3. The van der Waals surface area contributed by atoms with Crippen LogP contribution in [-0.4, -0.2) is 27.5 Å². The Morgan fingerprint density at radius 2 is 2.26 bits per heavy atom. The van der Waals surface area contributed by atoms with Gasteiger partial charge in [0.15, 0.2) is 0 Å². The number of piperidine rings is 1. The lowest BCUT2D eigenvalue weighted by Gasteiger charge is -2.24. The average molecular weight is 279 g/mol. The zero-order valence-electron chi connectivity index (χ0n) is 10.8. The quantitative estimate of drug-likeness (QED) is 0.861. The van der Waals surface area contributed by atoms with Crippen molar-refractivity contribution in [3.8, 4) is 6.07 Å². The van der Waals surface area contributed by atoms with Crippen molar-refractivity contribution in [2.75, 3.05) is 13.1 Å². The second-order valence-corrected chi connectivity index (χ2v) is 6.44. The van der Waals surface area contributed by atoms with E-state index in [4.69, 9.17) is 5.26 Å². The minimum Gasteiger partial charge on any atom is -0.315 e. The van der Waals surface area contributed by atoms with E-state index < -0.39 is 10.0 Å². The number of hydrogen-bond donors (Lipinski definition) is 2. The first-order valence-corrected chi connectivity index (χ1v) is 7.75. The molecule has 2 rings (SSSR count). The van der Waals surface area contributed by atoms with Gasteiger partial charge in [-0.2, -0.15) is 5.26 Å². The minimum absolute atomic E-state index is 0.0613. The molecule has 1 atom stereocenters. The Hall–Kier alpha value is -1.42. The van der Waals surface area contributed by atoms with E-state index in [2.05, 4.69) is 10.0 Å². The summed E-state index contributed by atoms with van der Waals surface area (Å²) in [5.41, 5.74) is 1.06. The van der Waals surface area contributed by atoms with E-state index in [1.807, 2.05) is 6.07 Å². The second-order valence-electron chi connectivity index (χ2n) is 4.76. The summed E-state index contributed by atoms with van der Waals surface area (Å²) in [6, 6.07) is 6.55. The van der Waals surface area contributed by atoms with Crippen molar-refractivity contribution >= 4 is 10.0 Å². The van der Waals surface area contributed by atoms with E-state index in [-0.39, 0.29) is 10.9 Å². The van der Waals surface area contributed by atoms with Gasteiger partial charge >= 0.3 is 0 Å². The van der Waals surface area contributed by atoms with Gasteiger partial charge in [-0.3, -0.25) is 0 Å². The zero-order chi connectivity index (χ0) is 13.9. The summed E-state index contributed by atoms with van der Waals surface area (Å²) in [5, 5.41) is 12.0. The summed E-state index contributed by atoms with van der Waals surface area (Å²) in [6.45, 7) is 3.30. The van der Waals surface area contributed by atoms with Gasteiger partial charge < -0.3 is 5.32 Å². The number of nitrogens with zero attached hydrogens (tertiary/aromatic N) is 1. The topological polar surface area (TPSA) is 82.0 Å². The highest BCUT2D eigenvalue weighted by atomic mass is 32.2. The van der Waals surface area contributed by atoms with Crippen LogP contribution in [0.4, 0.5) is 0 Å². The van der Waals surface area contributed by atoms with E-state index in [1.54, 1.807) is 13.0 Å². The summed E-state index contributed by atoms with van der Waals surface area (Å²) in [6.07, 6.45) is 1.82. The molecule has 0 aliphatic carbocycles. The number of hydrogen-bond acceptors (Lipinski definition) is 4. The molecule has 0 amide bonds. The smallest absolute Gasteiger partial charge is 0.241 e. The normalized spacial score (nSPS) is 19.9. The van der Waals surface area contributed by atoms with Gasteiger partial charge in [-0.1, -0.05) is 0 Å². The summed E-state index contributed by atoms with van der Waals surface area (Å²) in [4.78, 5) is 0.247. The Morgan fingerprint density at radius 3 is 2.84 bits per heavy atom. The predicted octanol–water partition coefficient (Wildman–Crippen LogP) is 0.897. The van der Waals surface area contributed by atoms with Gasteiger partial charge in [-0.05, 0) is 50.1 Å². The van der Waals surface area contributed by atoms with Crippen LogP contribution in [0.3, 0.4) is 0 Å². The maximum Gasteiger partial charge on any atom is 0.241 e. The van der Waals surface area contributed by atoms with Crippen LogP contribution in [0.5, 0.6) is 0 Å². The first kappa shape index (κ1) is 14.0. The number of nitriles is 1. The third-order valence-corrected chi connectivity index (χ3v) is 4.89. The van der Waals surface area contributed by atoms with E-state index in [9.17, 15) is 8.42 Å². The van der Waals surface area contributed by atoms with Crippen molar-refractivity contribution in [2.45, 2.75) is 30.7 Å². The molecule has 0 bridgehead atoms. The number of sulfonamides is 1. The third-order valence-electron chi connectivity index (χ3n) is 3.21. The number of benzene rings is 1. The summed E-state index contributed by atoms with van der Waals surface area (Å²) < 4.78 is 27.3. The van der Waals surface area contributed by atoms with Gasteiger partial charge in [0.1, 0.15) is 0 Å². The van der Waals surface area contributed by atoms with Crippen molar-refractivity contribution in [3.05, 3.63) is 29.3 Å². The highest BCUT2D eigenvalue weighted by molar-refractivity contribution is 7.89. The van der Waals surface area contributed by atoms with Gasteiger partial charge in [0, 0.05) is 12.6 Å². The van der Waals surface area contributed by atoms with Gasteiger partial charge in [-0.15, -0.1) is 0 Å². The van der Waals surface area contributed by atoms with Crippen molar-refractivity contribution in [1.29, 1.82) is 5.26 Å². The average Bonchev–Trinajstić information content (AvgIpc) is 2.38. The molecule has 1 heterocycles. The fourth-order valence-corrected chi connectivity index (χ4v) is 3.75. The molecule has 1 aliphatic rings. The molecule has 0 spiro atoms.